The van der Waals surface area contributed by atoms with Gasteiger partial charge in [-0.3, -0.25) is 4.79 Å². The Morgan fingerprint density at radius 1 is 1.42 bits per heavy atom. The van der Waals surface area contributed by atoms with Gasteiger partial charge in [-0.1, -0.05) is 0 Å². The fourth-order valence-electron chi connectivity index (χ4n) is 1.63. The van der Waals surface area contributed by atoms with Crippen LogP contribution in [0.5, 0.6) is 0 Å². The third-order valence-corrected chi connectivity index (χ3v) is 4.05. The van der Waals surface area contributed by atoms with Crippen molar-refractivity contribution < 1.29 is 17.6 Å². The van der Waals surface area contributed by atoms with Gasteiger partial charge in [0.05, 0.1) is 5.69 Å². The topological polar surface area (TPSA) is 115 Å². The van der Waals surface area contributed by atoms with E-state index in [1.165, 1.54) is 13.8 Å². The molecule has 0 saturated heterocycles. The van der Waals surface area contributed by atoms with Gasteiger partial charge in [0.2, 0.25) is 15.9 Å². The highest BCUT2D eigenvalue weighted by Crippen LogP contribution is 2.21. The summed E-state index contributed by atoms with van der Waals surface area (Å²) in [5.74, 6) is -1.37. The predicted octanol–water partition coefficient (Wildman–Crippen LogP) is 0.340. The van der Waals surface area contributed by atoms with Crippen LogP contribution in [0.2, 0.25) is 0 Å². The van der Waals surface area contributed by atoms with Gasteiger partial charge in [-0.25, -0.2) is 17.5 Å². The molecule has 0 radical (unpaired) electrons. The van der Waals surface area contributed by atoms with E-state index in [2.05, 4.69) is 4.72 Å². The van der Waals surface area contributed by atoms with Crippen molar-refractivity contribution >= 4 is 21.6 Å². The number of rotatable bonds is 5. The van der Waals surface area contributed by atoms with E-state index in [1.54, 1.807) is 0 Å². The van der Waals surface area contributed by atoms with Crippen molar-refractivity contribution in [2.24, 2.45) is 5.73 Å². The van der Waals surface area contributed by atoms with E-state index in [-0.39, 0.29) is 17.0 Å². The fourth-order valence-corrected chi connectivity index (χ4v) is 3.19. The molecule has 0 fully saturated rings. The van der Waals surface area contributed by atoms with Crippen LogP contribution >= 0.6 is 0 Å². The number of benzene rings is 1. The Balaban J connectivity index is 3.11. The van der Waals surface area contributed by atoms with Gasteiger partial charge >= 0.3 is 0 Å². The van der Waals surface area contributed by atoms with E-state index >= 15 is 0 Å². The number of hydrogen-bond acceptors (Lipinski definition) is 4. The van der Waals surface area contributed by atoms with Crippen molar-refractivity contribution in [1.29, 1.82) is 0 Å². The van der Waals surface area contributed by atoms with Gasteiger partial charge in [-0.05, 0) is 32.0 Å². The second-order valence-corrected chi connectivity index (χ2v) is 6.47. The highest BCUT2D eigenvalue weighted by atomic mass is 32.2. The summed E-state index contributed by atoms with van der Waals surface area (Å²) < 4.78 is 39.6. The van der Waals surface area contributed by atoms with Crippen LogP contribution in [0.4, 0.5) is 10.1 Å². The first-order chi connectivity index (χ1) is 8.53. The Bertz CT molecular complexity index is 599. The molecule has 1 aromatic rings. The van der Waals surface area contributed by atoms with Crippen LogP contribution < -0.4 is 16.2 Å². The van der Waals surface area contributed by atoms with Crippen molar-refractivity contribution in [3.8, 4) is 0 Å². The van der Waals surface area contributed by atoms with E-state index < -0.39 is 27.3 Å². The largest absolute Gasteiger partial charge is 0.398 e. The second-order valence-electron chi connectivity index (χ2n) is 4.81. The van der Waals surface area contributed by atoms with Crippen LogP contribution in [0.15, 0.2) is 23.1 Å². The average molecular weight is 289 g/mol. The van der Waals surface area contributed by atoms with Crippen molar-refractivity contribution in [2.45, 2.75) is 30.7 Å². The maximum Gasteiger partial charge on any atom is 0.243 e. The maximum atomic E-state index is 13.1. The molecule has 0 aliphatic carbocycles. The lowest BCUT2D eigenvalue weighted by molar-refractivity contribution is -0.119. The summed E-state index contributed by atoms with van der Waals surface area (Å²) in [5, 5.41) is 0. The lowest BCUT2D eigenvalue weighted by Gasteiger charge is -2.24. The summed E-state index contributed by atoms with van der Waals surface area (Å²) in [6.45, 7) is 2.98. The molecule has 0 heterocycles. The molecule has 5 N–H and O–H groups in total. The second kappa shape index (κ2) is 5.14. The lowest BCUT2D eigenvalue weighted by atomic mass is 10.0. The molecule has 8 heteroatoms. The third kappa shape index (κ3) is 4.18. The maximum absolute atomic E-state index is 13.1. The van der Waals surface area contributed by atoms with Crippen LogP contribution in [-0.4, -0.2) is 19.9 Å². The molecular formula is C11H16FN3O3S. The van der Waals surface area contributed by atoms with Crippen LogP contribution in [-0.2, 0) is 14.8 Å². The van der Waals surface area contributed by atoms with Gasteiger partial charge in [0, 0.05) is 12.0 Å². The normalized spacial score (nSPS) is 12.4. The molecule has 1 aromatic carbocycles. The van der Waals surface area contributed by atoms with Crippen molar-refractivity contribution in [1.82, 2.24) is 4.72 Å². The zero-order chi connectivity index (χ0) is 14.8. The van der Waals surface area contributed by atoms with Crippen molar-refractivity contribution in [3.05, 3.63) is 24.0 Å². The number of nitrogens with two attached hydrogens (primary N) is 2. The molecule has 6 nitrogen and oxygen atoms in total. The summed E-state index contributed by atoms with van der Waals surface area (Å²) >= 11 is 0. The summed E-state index contributed by atoms with van der Waals surface area (Å²) in [4.78, 5) is 10.5. The number of carbonyl (C=O) groups excluding carboxylic acids is 1. The smallest absolute Gasteiger partial charge is 0.243 e. The quantitative estimate of drug-likeness (QED) is 0.678. The zero-order valence-electron chi connectivity index (χ0n) is 10.6. The Labute approximate surface area is 111 Å². The fraction of sp³-hybridized carbons (Fsp3) is 0.364. The number of nitrogens with one attached hydrogen (secondary N) is 1. The molecule has 0 aromatic heterocycles. The van der Waals surface area contributed by atoms with Crippen LogP contribution in [0.25, 0.3) is 0 Å². The summed E-state index contributed by atoms with van der Waals surface area (Å²) in [6, 6.07) is 3.03. The van der Waals surface area contributed by atoms with Gasteiger partial charge in [-0.15, -0.1) is 0 Å². The Hall–Kier alpha value is -1.67. The molecular weight excluding hydrogens is 273 g/mol. The standard InChI is InChI=1S/C11H16FN3O3S/c1-11(2,6-10(14)16)15-19(17,18)9-5-7(12)3-4-8(9)13/h3-5,15H,6,13H2,1-2H3,(H2,14,16). The number of amides is 1. The number of carbonyl (C=O) groups is 1. The van der Waals surface area contributed by atoms with Gasteiger partial charge in [0.15, 0.2) is 0 Å². The van der Waals surface area contributed by atoms with Crippen molar-refractivity contribution in [3.63, 3.8) is 0 Å². The SMILES string of the molecule is CC(C)(CC(N)=O)NS(=O)(=O)c1cc(F)ccc1N. The lowest BCUT2D eigenvalue weighted by Crippen LogP contribution is -2.46. The molecule has 0 saturated carbocycles. The van der Waals surface area contributed by atoms with Crippen LogP contribution in [0, 0.1) is 5.82 Å². The molecule has 19 heavy (non-hydrogen) atoms. The van der Waals surface area contributed by atoms with E-state index in [4.69, 9.17) is 11.5 Å². The molecule has 0 aliphatic rings. The molecule has 1 amide bonds. The van der Waals surface area contributed by atoms with Crippen LogP contribution in [0.3, 0.4) is 0 Å². The first-order valence-corrected chi connectivity index (χ1v) is 6.89. The molecule has 0 bridgehead atoms. The molecule has 0 spiro atoms. The Kier molecular flexibility index (Phi) is 4.16. The van der Waals surface area contributed by atoms with Gasteiger partial charge < -0.3 is 11.5 Å². The van der Waals surface area contributed by atoms with E-state index in [1.807, 2.05) is 0 Å². The molecule has 0 atom stereocenters. The number of anilines is 1. The predicted molar refractivity (Wildman–Crippen MR) is 69.0 cm³/mol. The number of primary amides is 1. The molecule has 1 rings (SSSR count). The van der Waals surface area contributed by atoms with E-state index in [0.29, 0.717) is 0 Å². The average Bonchev–Trinajstić information content (AvgIpc) is 2.17. The Morgan fingerprint density at radius 2 is 2.00 bits per heavy atom. The van der Waals surface area contributed by atoms with Gasteiger partial charge in [0.25, 0.3) is 0 Å². The molecule has 106 valence electrons. The van der Waals surface area contributed by atoms with Crippen LogP contribution in [0.1, 0.15) is 20.3 Å². The van der Waals surface area contributed by atoms with E-state index in [9.17, 15) is 17.6 Å². The van der Waals surface area contributed by atoms with E-state index in [0.717, 1.165) is 18.2 Å². The molecule has 0 unspecified atom stereocenters. The highest BCUT2D eigenvalue weighted by molar-refractivity contribution is 7.89. The monoisotopic (exact) mass is 289 g/mol. The minimum Gasteiger partial charge on any atom is -0.398 e. The minimum absolute atomic E-state index is 0.0798. The Morgan fingerprint density at radius 3 is 2.53 bits per heavy atom. The molecule has 0 aliphatic heterocycles. The first-order valence-electron chi connectivity index (χ1n) is 5.41. The summed E-state index contributed by atoms with van der Waals surface area (Å²) in [5.41, 5.74) is 9.38. The minimum atomic E-state index is -4.04. The number of halogens is 1. The summed E-state index contributed by atoms with van der Waals surface area (Å²) in [7, 11) is -4.04. The van der Waals surface area contributed by atoms with Gasteiger partial charge in [0.1, 0.15) is 10.7 Å². The third-order valence-electron chi connectivity index (χ3n) is 2.29. The summed E-state index contributed by atoms with van der Waals surface area (Å²) in [6.07, 6.45) is -0.193. The number of sulfonamides is 1. The zero-order valence-corrected chi connectivity index (χ0v) is 11.4. The first kappa shape index (κ1) is 15.4. The van der Waals surface area contributed by atoms with Gasteiger partial charge in [-0.2, -0.15) is 0 Å². The number of hydrogen-bond donors (Lipinski definition) is 3. The van der Waals surface area contributed by atoms with Crippen molar-refractivity contribution in [2.75, 3.05) is 5.73 Å². The highest BCUT2D eigenvalue weighted by Gasteiger charge is 2.29. The number of nitrogen functional groups attached to an aromatic ring is 1.